The Kier molecular flexibility index (Phi) is 10.0. The highest BCUT2D eigenvalue weighted by Crippen LogP contribution is 2.14. The summed E-state index contributed by atoms with van der Waals surface area (Å²) in [6, 6.07) is 0.294. The van der Waals surface area contributed by atoms with E-state index in [4.69, 9.17) is 5.11 Å². The average Bonchev–Trinajstić information content (AvgIpc) is 2.24. The van der Waals surface area contributed by atoms with Gasteiger partial charge in [0.2, 0.25) is 0 Å². The number of aliphatic hydroxyl groups excluding tert-OH is 1. The summed E-state index contributed by atoms with van der Waals surface area (Å²) in [5.41, 5.74) is 0. The molecule has 2 nitrogen and oxygen atoms in total. The van der Waals surface area contributed by atoms with Crippen LogP contribution >= 0.6 is 0 Å². The highest BCUT2D eigenvalue weighted by atomic mass is 16.3. The van der Waals surface area contributed by atoms with E-state index in [1.165, 1.54) is 25.7 Å². The van der Waals surface area contributed by atoms with E-state index in [0.29, 0.717) is 6.04 Å². The molecular formula is C14H31NO. The van der Waals surface area contributed by atoms with Gasteiger partial charge in [-0.2, -0.15) is 0 Å². The molecule has 0 aliphatic carbocycles. The zero-order valence-electron chi connectivity index (χ0n) is 11.6. The van der Waals surface area contributed by atoms with Crippen molar-refractivity contribution in [1.82, 2.24) is 5.32 Å². The molecule has 0 spiro atoms. The van der Waals surface area contributed by atoms with Crippen LogP contribution in [0.2, 0.25) is 0 Å². The smallest absolute Gasteiger partial charge is 0.0584 e. The van der Waals surface area contributed by atoms with Gasteiger partial charge in [0.15, 0.2) is 0 Å². The van der Waals surface area contributed by atoms with Gasteiger partial charge in [0.25, 0.3) is 0 Å². The number of rotatable bonds is 10. The van der Waals surface area contributed by atoms with Gasteiger partial charge in [-0.1, -0.05) is 47.0 Å². The average molecular weight is 229 g/mol. The maximum Gasteiger partial charge on any atom is 0.0584 e. The Morgan fingerprint density at radius 1 is 1.06 bits per heavy atom. The lowest BCUT2D eigenvalue weighted by Gasteiger charge is -2.16. The molecule has 0 aromatic rings. The van der Waals surface area contributed by atoms with E-state index in [1.807, 2.05) is 0 Å². The Morgan fingerprint density at radius 3 is 2.25 bits per heavy atom. The molecule has 2 N–H and O–H groups in total. The lowest BCUT2D eigenvalue weighted by molar-refractivity contribution is 0.236. The van der Waals surface area contributed by atoms with E-state index in [9.17, 15) is 0 Å². The molecule has 0 aliphatic rings. The standard InChI is InChI=1S/C14H31NO/c1-5-14(11-16)15-10-9-13(4)8-6-7-12(2)3/h12-16H,5-11H2,1-4H3. The first kappa shape index (κ1) is 15.9. The summed E-state index contributed by atoms with van der Waals surface area (Å²) < 4.78 is 0. The molecule has 0 heterocycles. The SMILES string of the molecule is CCC(CO)NCCC(C)CCCC(C)C. The van der Waals surface area contributed by atoms with Crippen molar-refractivity contribution in [3.8, 4) is 0 Å². The summed E-state index contributed by atoms with van der Waals surface area (Å²) in [4.78, 5) is 0. The Bertz CT molecular complexity index is 144. The quantitative estimate of drug-likeness (QED) is 0.603. The van der Waals surface area contributed by atoms with Crippen molar-refractivity contribution in [3.05, 3.63) is 0 Å². The van der Waals surface area contributed by atoms with Crippen molar-refractivity contribution in [2.24, 2.45) is 11.8 Å². The Morgan fingerprint density at radius 2 is 1.75 bits per heavy atom. The van der Waals surface area contributed by atoms with Gasteiger partial charge >= 0.3 is 0 Å². The molecule has 0 amide bonds. The summed E-state index contributed by atoms with van der Waals surface area (Å²) in [6.45, 7) is 10.3. The third-order valence-electron chi connectivity index (χ3n) is 3.26. The fourth-order valence-corrected chi connectivity index (χ4v) is 1.89. The summed E-state index contributed by atoms with van der Waals surface area (Å²) in [5.74, 6) is 1.65. The van der Waals surface area contributed by atoms with Crippen LogP contribution in [0.5, 0.6) is 0 Å². The van der Waals surface area contributed by atoms with Gasteiger partial charge in [-0.25, -0.2) is 0 Å². The first-order valence-electron chi connectivity index (χ1n) is 6.94. The predicted molar refractivity (Wildman–Crippen MR) is 71.6 cm³/mol. The first-order valence-corrected chi connectivity index (χ1v) is 6.94. The second kappa shape index (κ2) is 10.1. The second-order valence-corrected chi connectivity index (χ2v) is 5.46. The maximum atomic E-state index is 9.03. The third kappa shape index (κ3) is 9.17. The van der Waals surface area contributed by atoms with Crippen LogP contribution in [0.3, 0.4) is 0 Å². The minimum absolute atomic E-state index is 0.262. The lowest BCUT2D eigenvalue weighted by Crippen LogP contribution is -2.33. The van der Waals surface area contributed by atoms with Crippen LogP contribution in [0.1, 0.15) is 59.8 Å². The zero-order chi connectivity index (χ0) is 12.4. The molecule has 0 radical (unpaired) electrons. The fourth-order valence-electron chi connectivity index (χ4n) is 1.89. The number of nitrogens with one attached hydrogen (secondary N) is 1. The molecule has 0 aliphatic heterocycles. The van der Waals surface area contributed by atoms with Crippen LogP contribution in [-0.4, -0.2) is 24.3 Å². The largest absolute Gasteiger partial charge is 0.395 e. The molecule has 98 valence electrons. The molecule has 2 unspecified atom stereocenters. The number of hydrogen-bond acceptors (Lipinski definition) is 2. The molecule has 0 rings (SSSR count). The van der Waals surface area contributed by atoms with E-state index >= 15 is 0 Å². The highest BCUT2D eigenvalue weighted by Gasteiger charge is 2.06. The molecule has 0 aromatic carbocycles. The molecule has 16 heavy (non-hydrogen) atoms. The van der Waals surface area contributed by atoms with Crippen LogP contribution < -0.4 is 5.32 Å². The van der Waals surface area contributed by atoms with Crippen LogP contribution in [0.15, 0.2) is 0 Å². The Labute approximate surface area is 102 Å². The summed E-state index contributed by atoms with van der Waals surface area (Å²) in [5, 5.41) is 12.4. The topological polar surface area (TPSA) is 32.3 Å². The van der Waals surface area contributed by atoms with Gasteiger partial charge in [-0.05, 0) is 31.2 Å². The molecule has 0 saturated carbocycles. The van der Waals surface area contributed by atoms with Gasteiger partial charge in [0.05, 0.1) is 6.61 Å². The van der Waals surface area contributed by atoms with Crippen LogP contribution in [0.25, 0.3) is 0 Å². The molecule has 0 aromatic heterocycles. The van der Waals surface area contributed by atoms with E-state index < -0.39 is 0 Å². The first-order chi connectivity index (χ1) is 7.60. The highest BCUT2D eigenvalue weighted by molar-refractivity contribution is 4.64. The molecular weight excluding hydrogens is 198 g/mol. The molecule has 2 heteroatoms. The van der Waals surface area contributed by atoms with Gasteiger partial charge in [0, 0.05) is 6.04 Å². The second-order valence-electron chi connectivity index (χ2n) is 5.46. The summed E-state index contributed by atoms with van der Waals surface area (Å²) in [7, 11) is 0. The van der Waals surface area contributed by atoms with Crippen molar-refractivity contribution >= 4 is 0 Å². The fraction of sp³-hybridized carbons (Fsp3) is 1.00. The van der Waals surface area contributed by atoms with Crippen molar-refractivity contribution in [3.63, 3.8) is 0 Å². The van der Waals surface area contributed by atoms with Gasteiger partial charge < -0.3 is 10.4 Å². The van der Waals surface area contributed by atoms with E-state index in [1.54, 1.807) is 0 Å². The van der Waals surface area contributed by atoms with Gasteiger partial charge in [-0.3, -0.25) is 0 Å². The maximum absolute atomic E-state index is 9.03. The Balaban J connectivity index is 3.39. The van der Waals surface area contributed by atoms with Crippen molar-refractivity contribution in [2.75, 3.05) is 13.2 Å². The zero-order valence-corrected chi connectivity index (χ0v) is 11.6. The minimum atomic E-state index is 0.262. The number of aliphatic hydroxyl groups is 1. The summed E-state index contributed by atoms with van der Waals surface area (Å²) in [6.07, 6.45) is 6.30. The molecule has 0 bridgehead atoms. The number of hydrogen-bond donors (Lipinski definition) is 2. The van der Waals surface area contributed by atoms with Crippen molar-refractivity contribution in [1.29, 1.82) is 0 Å². The summed E-state index contributed by atoms with van der Waals surface area (Å²) >= 11 is 0. The predicted octanol–water partition coefficient (Wildman–Crippen LogP) is 3.20. The van der Waals surface area contributed by atoms with E-state index in [-0.39, 0.29) is 6.61 Å². The van der Waals surface area contributed by atoms with E-state index in [0.717, 1.165) is 24.8 Å². The van der Waals surface area contributed by atoms with Crippen LogP contribution in [0, 0.1) is 11.8 Å². The minimum Gasteiger partial charge on any atom is -0.395 e. The Hall–Kier alpha value is -0.0800. The van der Waals surface area contributed by atoms with Crippen molar-refractivity contribution in [2.45, 2.75) is 65.8 Å². The molecule has 2 atom stereocenters. The van der Waals surface area contributed by atoms with Gasteiger partial charge in [0.1, 0.15) is 0 Å². The van der Waals surface area contributed by atoms with Gasteiger partial charge in [-0.15, -0.1) is 0 Å². The lowest BCUT2D eigenvalue weighted by atomic mass is 9.97. The van der Waals surface area contributed by atoms with Crippen LogP contribution in [0.4, 0.5) is 0 Å². The molecule has 0 saturated heterocycles. The van der Waals surface area contributed by atoms with E-state index in [2.05, 4.69) is 33.0 Å². The van der Waals surface area contributed by atoms with Crippen molar-refractivity contribution < 1.29 is 5.11 Å². The third-order valence-corrected chi connectivity index (χ3v) is 3.26. The van der Waals surface area contributed by atoms with Crippen LogP contribution in [-0.2, 0) is 0 Å². The normalized spacial score (nSPS) is 15.4. The molecule has 0 fully saturated rings. The monoisotopic (exact) mass is 229 g/mol.